The molecule has 4 nitrogen and oxygen atoms in total. The first kappa shape index (κ1) is 12.0. The molecule has 1 aromatic heterocycles. The summed E-state index contributed by atoms with van der Waals surface area (Å²) in [7, 11) is 1.95. The molecule has 1 spiro atoms. The number of hydrogen-bond acceptors (Lipinski definition) is 3. The van der Waals surface area contributed by atoms with Crippen LogP contribution in [0.3, 0.4) is 0 Å². The maximum atomic E-state index is 12.0. The lowest BCUT2D eigenvalue weighted by molar-refractivity contribution is -0.153. The first-order valence-electron chi connectivity index (χ1n) is 7.15. The largest absolute Gasteiger partial charge is 0.452 e. The molecule has 20 heavy (non-hydrogen) atoms. The van der Waals surface area contributed by atoms with Gasteiger partial charge < -0.3 is 15.0 Å². The molecule has 1 aliphatic carbocycles. The zero-order valence-electron chi connectivity index (χ0n) is 11.7. The Labute approximate surface area is 117 Å². The first-order chi connectivity index (χ1) is 9.65. The third-order valence-electron chi connectivity index (χ3n) is 4.87. The van der Waals surface area contributed by atoms with Gasteiger partial charge in [0.25, 0.3) is 0 Å². The van der Waals surface area contributed by atoms with Crippen molar-refractivity contribution in [1.29, 1.82) is 0 Å². The molecule has 0 amide bonds. The monoisotopic (exact) mass is 270 g/mol. The Hall–Kier alpha value is -1.81. The zero-order chi connectivity index (χ0) is 13.9. The van der Waals surface area contributed by atoms with E-state index in [1.54, 1.807) is 0 Å². The number of likely N-dealkylation sites (N-methyl/N-ethyl adjacent to an activating group) is 1. The molecule has 3 atom stereocenters. The van der Waals surface area contributed by atoms with Crippen molar-refractivity contribution in [3.05, 3.63) is 35.5 Å². The number of hydrogen-bond donors (Lipinski definition) is 2. The minimum absolute atomic E-state index is 0.0402. The Balaban J connectivity index is 2.00. The van der Waals surface area contributed by atoms with Gasteiger partial charge >= 0.3 is 5.97 Å². The standard InChI is InChI=1S/C16H18N2O2/c1-9-7-16(20-15(9)19)11-4-3-5-12-14(11)10(8-18-12)6-13(16)17-2/h3-5,8-9,13,17-18H,6-7H2,1-2H3. The van der Waals surface area contributed by atoms with Crippen molar-refractivity contribution >= 4 is 16.9 Å². The number of carbonyl (C=O) groups is 1. The van der Waals surface area contributed by atoms with Crippen LogP contribution in [0.1, 0.15) is 24.5 Å². The summed E-state index contributed by atoms with van der Waals surface area (Å²) in [6.45, 7) is 1.95. The maximum Gasteiger partial charge on any atom is 0.309 e. The van der Waals surface area contributed by atoms with Crippen LogP contribution in [0, 0.1) is 5.92 Å². The van der Waals surface area contributed by atoms with E-state index in [1.807, 2.05) is 20.0 Å². The van der Waals surface area contributed by atoms with Gasteiger partial charge in [-0.3, -0.25) is 4.79 Å². The van der Waals surface area contributed by atoms with Gasteiger partial charge in [0.15, 0.2) is 5.60 Å². The van der Waals surface area contributed by atoms with Crippen molar-refractivity contribution in [2.45, 2.75) is 31.4 Å². The molecule has 1 aromatic carbocycles. The fourth-order valence-electron chi connectivity index (χ4n) is 3.92. The molecule has 2 heterocycles. The summed E-state index contributed by atoms with van der Waals surface area (Å²) in [4.78, 5) is 15.3. The van der Waals surface area contributed by atoms with Crippen molar-refractivity contribution in [2.75, 3.05) is 7.05 Å². The van der Waals surface area contributed by atoms with Gasteiger partial charge in [-0.1, -0.05) is 19.1 Å². The number of aromatic amines is 1. The van der Waals surface area contributed by atoms with Crippen LogP contribution < -0.4 is 5.32 Å². The Kier molecular flexibility index (Phi) is 2.31. The summed E-state index contributed by atoms with van der Waals surface area (Å²) in [5, 5.41) is 4.60. The average Bonchev–Trinajstić information content (AvgIpc) is 2.98. The molecule has 104 valence electrons. The van der Waals surface area contributed by atoms with Crippen LogP contribution in [0.5, 0.6) is 0 Å². The van der Waals surface area contributed by atoms with E-state index in [0.29, 0.717) is 0 Å². The Morgan fingerprint density at radius 3 is 3.00 bits per heavy atom. The Morgan fingerprint density at radius 2 is 2.30 bits per heavy atom. The van der Waals surface area contributed by atoms with Crippen molar-refractivity contribution in [3.63, 3.8) is 0 Å². The molecule has 0 radical (unpaired) electrons. The van der Waals surface area contributed by atoms with Crippen LogP contribution in [0.15, 0.2) is 24.4 Å². The van der Waals surface area contributed by atoms with E-state index in [1.165, 1.54) is 10.9 Å². The van der Waals surface area contributed by atoms with Gasteiger partial charge in [-0.25, -0.2) is 0 Å². The van der Waals surface area contributed by atoms with Crippen LogP contribution in [0.2, 0.25) is 0 Å². The van der Waals surface area contributed by atoms with E-state index in [4.69, 9.17) is 4.74 Å². The van der Waals surface area contributed by atoms with Crippen LogP contribution in [0.25, 0.3) is 10.9 Å². The second kappa shape index (κ2) is 3.85. The van der Waals surface area contributed by atoms with Crippen molar-refractivity contribution < 1.29 is 9.53 Å². The van der Waals surface area contributed by atoms with Gasteiger partial charge in [0.05, 0.1) is 12.0 Å². The normalized spacial score (nSPS) is 32.0. The highest BCUT2D eigenvalue weighted by Crippen LogP contribution is 2.49. The van der Waals surface area contributed by atoms with E-state index in [-0.39, 0.29) is 17.9 Å². The second-order valence-corrected chi connectivity index (χ2v) is 6.00. The van der Waals surface area contributed by atoms with Gasteiger partial charge in [-0.2, -0.15) is 0 Å². The fourth-order valence-corrected chi connectivity index (χ4v) is 3.92. The average molecular weight is 270 g/mol. The first-order valence-corrected chi connectivity index (χ1v) is 7.15. The molecule has 4 heteroatoms. The minimum Gasteiger partial charge on any atom is -0.452 e. The van der Waals surface area contributed by atoms with E-state index in [0.717, 1.165) is 23.9 Å². The predicted molar refractivity (Wildman–Crippen MR) is 76.4 cm³/mol. The summed E-state index contributed by atoms with van der Waals surface area (Å²) in [5.41, 5.74) is 3.06. The number of benzene rings is 1. The van der Waals surface area contributed by atoms with E-state index in [2.05, 4.69) is 28.6 Å². The van der Waals surface area contributed by atoms with Gasteiger partial charge in [0.1, 0.15) is 0 Å². The summed E-state index contributed by atoms with van der Waals surface area (Å²) in [6.07, 6.45) is 3.71. The minimum atomic E-state index is -0.514. The lowest BCUT2D eigenvalue weighted by Gasteiger charge is -2.40. The summed E-state index contributed by atoms with van der Waals surface area (Å²) >= 11 is 0. The number of H-pyrrole nitrogens is 1. The second-order valence-electron chi connectivity index (χ2n) is 6.00. The van der Waals surface area contributed by atoms with Gasteiger partial charge in [-0.05, 0) is 25.1 Å². The molecule has 1 fully saturated rings. The van der Waals surface area contributed by atoms with Crippen LogP contribution in [-0.4, -0.2) is 24.0 Å². The third-order valence-corrected chi connectivity index (χ3v) is 4.87. The number of aromatic nitrogens is 1. The third kappa shape index (κ3) is 1.32. The molecule has 2 aromatic rings. The van der Waals surface area contributed by atoms with Crippen LogP contribution >= 0.6 is 0 Å². The number of esters is 1. The smallest absolute Gasteiger partial charge is 0.309 e. The topological polar surface area (TPSA) is 54.1 Å². The number of ether oxygens (including phenoxy) is 1. The molecule has 1 aliphatic heterocycles. The van der Waals surface area contributed by atoms with Gasteiger partial charge in [0.2, 0.25) is 0 Å². The highest BCUT2D eigenvalue weighted by atomic mass is 16.6. The van der Waals surface area contributed by atoms with Crippen molar-refractivity contribution in [2.24, 2.45) is 5.92 Å². The summed E-state index contributed by atoms with van der Waals surface area (Å²) in [6, 6.07) is 6.35. The quantitative estimate of drug-likeness (QED) is 0.780. The molecule has 0 saturated carbocycles. The summed E-state index contributed by atoms with van der Waals surface area (Å²) in [5.74, 6) is -0.122. The van der Waals surface area contributed by atoms with Crippen LogP contribution in [0.4, 0.5) is 0 Å². The summed E-state index contributed by atoms with van der Waals surface area (Å²) < 4.78 is 5.91. The highest BCUT2D eigenvalue weighted by Gasteiger charge is 2.53. The number of fused-ring (bicyclic) bond motifs is 1. The maximum absolute atomic E-state index is 12.0. The molecular weight excluding hydrogens is 252 g/mol. The predicted octanol–water partition coefficient (Wildman–Crippen LogP) is 2.09. The van der Waals surface area contributed by atoms with Crippen molar-refractivity contribution in [1.82, 2.24) is 10.3 Å². The Bertz CT molecular complexity index is 706. The van der Waals surface area contributed by atoms with E-state index in [9.17, 15) is 4.79 Å². The van der Waals surface area contributed by atoms with Gasteiger partial charge in [0, 0.05) is 29.1 Å². The molecule has 3 unspecified atom stereocenters. The van der Waals surface area contributed by atoms with Crippen molar-refractivity contribution in [3.8, 4) is 0 Å². The SMILES string of the molecule is CNC1Cc2c[nH]c3cccc(c23)C12CC(C)C(=O)O2. The lowest BCUT2D eigenvalue weighted by Crippen LogP contribution is -2.50. The number of carbonyl (C=O) groups excluding carboxylic acids is 1. The number of nitrogens with one attached hydrogen (secondary N) is 2. The molecule has 1 saturated heterocycles. The molecular formula is C16H18N2O2. The molecule has 2 aliphatic rings. The van der Waals surface area contributed by atoms with Gasteiger partial charge in [-0.15, -0.1) is 0 Å². The van der Waals surface area contributed by atoms with E-state index < -0.39 is 5.60 Å². The number of rotatable bonds is 1. The molecule has 0 bridgehead atoms. The lowest BCUT2D eigenvalue weighted by atomic mass is 9.73. The van der Waals surface area contributed by atoms with E-state index >= 15 is 0 Å². The Morgan fingerprint density at radius 1 is 1.45 bits per heavy atom. The fraction of sp³-hybridized carbons (Fsp3) is 0.438. The molecule has 2 N–H and O–H groups in total. The molecule has 4 rings (SSSR count). The zero-order valence-corrected chi connectivity index (χ0v) is 11.7. The highest BCUT2D eigenvalue weighted by molar-refractivity contribution is 5.90. The van der Waals surface area contributed by atoms with Crippen LogP contribution in [-0.2, 0) is 21.6 Å².